The maximum atomic E-state index is 12.5. The fourth-order valence-corrected chi connectivity index (χ4v) is 3.14. The number of carbonyl (C=O) groups excluding carboxylic acids is 2. The standard InChI is InChI=1S/C15H21N5O2/c1-18-9-13-10-19(4-5-20(13)15(18)22)14(21)7-11-2-3-17-12(6-11)8-16/h2-3,6,13H,4-5,7-10,16H2,1H3. The molecule has 1 aromatic heterocycles. The van der Waals surface area contributed by atoms with Gasteiger partial charge in [-0.05, 0) is 17.7 Å². The molecule has 3 amide bonds. The van der Waals surface area contributed by atoms with Crippen molar-refractivity contribution in [2.24, 2.45) is 5.73 Å². The van der Waals surface area contributed by atoms with E-state index in [-0.39, 0.29) is 18.0 Å². The molecule has 1 unspecified atom stereocenters. The van der Waals surface area contributed by atoms with Crippen LogP contribution in [0, 0.1) is 0 Å². The van der Waals surface area contributed by atoms with Gasteiger partial charge in [0.15, 0.2) is 0 Å². The van der Waals surface area contributed by atoms with E-state index in [1.54, 1.807) is 18.1 Å². The van der Waals surface area contributed by atoms with Gasteiger partial charge in [-0.3, -0.25) is 9.78 Å². The number of amides is 3. The zero-order valence-corrected chi connectivity index (χ0v) is 12.7. The molecule has 2 aliphatic heterocycles. The van der Waals surface area contributed by atoms with Crippen LogP contribution in [0.3, 0.4) is 0 Å². The number of rotatable bonds is 3. The van der Waals surface area contributed by atoms with Crippen molar-refractivity contribution >= 4 is 11.9 Å². The van der Waals surface area contributed by atoms with E-state index in [0.717, 1.165) is 11.3 Å². The number of urea groups is 1. The number of aromatic nitrogens is 1. The minimum atomic E-state index is 0.0684. The van der Waals surface area contributed by atoms with Gasteiger partial charge in [0.1, 0.15) is 0 Å². The van der Waals surface area contributed by atoms with Gasteiger partial charge in [-0.1, -0.05) is 0 Å². The normalized spacial score (nSPS) is 21.3. The van der Waals surface area contributed by atoms with Crippen LogP contribution in [0.15, 0.2) is 18.3 Å². The Bertz CT molecular complexity index is 591. The lowest BCUT2D eigenvalue weighted by molar-refractivity contribution is -0.132. The van der Waals surface area contributed by atoms with Crippen LogP contribution in [-0.4, -0.2) is 70.9 Å². The molecule has 0 aromatic carbocycles. The zero-order chi connectivity index (χ0) is 15.7. The topological polar surface area (TPSA) is 82.8 Å². The van der Waals surface area contributed by atoms with Crippen molar-refractivity contribution in [2.45, 2.75) is 19.0 Å². The van der Waals surface area contributed by atoms with Gasteiger partial charge in [0.2, 0.25) is 5.91 Å². The molecule has 3 heterocycles. The average molecular weight is 303 g/mol. The number of likely N-dealkylation sites (N-methyl/N-ethyl adjacent to an activating group) is 1. The molecule has 7 heteroatoms. The van der Waals surface area contributed by atoms with Crippen molar-refractivity contribution < 1.29 is 9.59 Å². The number of nitrogens with two attached hydrogens (primary N) is 1. The van der Waals surface area contributed by atoms with Gasteiger partial charge >= 0.3 is 6.03 Å². The first-order chi connectivity index (χ1) is 10.6. The highest BCUT2D eigenvalue weighted by Crippen LogP contribution is 2.19. The van der Waals surface area contributed by atoms with Gasteiger partial charge < -0.3 is 20.4 Å². The Labute approximate surface area is 129 Å². The Morgan fingerprint density at radius 1 is 1.41 bits per heavy atom. The van der Waals surface area contributed by atoms with Crippen molar-refractivity contribution in [3.8, 4) is 0 Å². The van der Waals surface area contributed by atoms with Crippen molar-refractivity contribution in [2.75, 3.05) is 33.2 Å². The van der Waals surface area contributed by atoms with E-state index in [2.05, 4.69) is 4.98 Å². The molecule has 3 rings (SSSR count). The molecule has 118 valence electrons. The van der Waals surface area contributed by atoms with Crippen molar-refractivity contribution in [1.29, 1.82) is 0 Å². The van der Waals surface area contributed by atoms with Crippen LogP contribution >= 0.6 is 0 Å². The molecule has 2 aliphatic rings. The lowest BCUT2D eigenvalue weighted by Gasteiger charge is -2.36. The minimum absolute atomic E-state index is 0.0684. The summed E-state index contributed by atoms with van der Waals surface area (Å²) in [6, 6.07) is 3.91. The highest BCUT2D eigenvalue weighted by molar-refractivity contribution is 5.80. The highest BCUT2D eigenvalue weighted by Gasteiger charge is 2.39. The smallest absolute Gasteiger partial charge is 0.320 e. The van der Waals surface area contributed by atoms with E-state index in [1.807, 2.05) is 21.9 Å². The molecule has 1 aromatic rings. The van der Waals surface area contributed by atoms with Crippen LogP contribution in [0.4, 0.5) is 4.79 Å². The fraction of sp³-hybridized carbons (Fsp3) is 0.533. The summed E-state index contributed by atoms with van der Waals surface area (Å²) in [4.78, 5) is 34.0. The van der Waals surface area contributed by atoms with Gasteiger partial charge in [0.05, 0.1) is 18.2 Å². The van der Waals surface area contributed by atoms with Crippen LogP contribution in [-0.2, 0) is 17.8 Å². The third kappa shape index (κ3) is 2.76. The molecule has 2 saturated heterocycles. The summed E-state index contributed by atoms with van der Waals surface area (Å²) in [6.07, 6.45) is 2.04. The molecule has 0 aliphatic carbocycles. The molecule has 0 radical (unpaired) electrons. The monoisotopic (exact) mass is 303 g/mol. The van der Waals surface area contributed by atoms with E-state index < -0.39 is 0 Å². The lowest BCUT2D eigenvalue weighted by atomic mass is 10.1. The molecule has 0 spiro atoms. The second kappa shape index (κ2) is 5.92. The van der Waals surface area contributed by atoms with Crippen LogP contribution in [0.5, 0.6) is 0 Å². The maximum absolute atomic E-state index is 12.5. The van der Waals surface area contributed by atoms with E-state index in [4.69, 9.17) is 5.73 Å². The molecule has 7 nitrogen and oxygen atoms in total. The van der Waals surface area contributed by atoms with Crippen molar-refractivity contribution in [3.63, 3.8) is 0 Å². The van der Waals surface area contributed by atoms with Crippen LogP contribution in [0.1, 0.15) is 11.3 Å². The Morgan fingerprint density at radius 3 is 3.00 bits per heavy atom. The molecular weight excluding hydrogens is 282 g/mol. The van der Waals surface area contributed by atoms with Gasteiger partial charge in [-0.15, -0.1) is 0 Å². The van der Waals surface area contributed by atoms with Gasteiger partial charge in [0, 0.05) is 46.0 Å². The second-order valence-electron chi connectivity index (χ2n) is 5.89. The molecule has 2 N–H and O–H groups in total. The van der Waals surface area contributed by atoms with E-state index in [9.17, 15) is 9.59 Å². The third-order valence-corrected chi connectivity index (χ3v) is 4.34. The summed E-state index contributed by atoms with van der Waals surface area (Å²) in [7, 11) is 1.80. The number of piperazine rings is 1. The van der Waals surface area contributed by atoms with Gasteiger partial charge in [0.25, 0.3) is 0 Å². The van der Waals surface area contributed by atoms with Crippen molar-refractivity contribution in [3.05, 3.63) is 29.6 Å². The van der Waals surface area contributed by atoms with Crippen LogP contribution in [0.25, 0.3) is 0 Å². The highest BCUT2D eigenvalue weighted by atomic mass is 16.2. The van der Waals surface area contributed by atoms with Gasteiger partial charge in [-0.25, -0.2) is 4.79 Å². The summed E-state index contributed by atoms with van der Waals surface area (Å²) in [5.74, 6) is 0.0934. The molecule has 22 heavy (non-hydrogen) atoms. The first-order valence-corrected chi connectivity index (χ1v) is 7.52. The molecule has 0 bridgehead atoms. The predicted octanol–water partition coefficient (Wildman–Crippen LogP) is -0.339. The first-order valence-electron chi connectivity index (χ1n) is 7.52. The van der Waals surface area contributed by atoms with Gasteiger partial charge in [-0.2, -0.15) is 0 Å². The largest absolute Gasteiger partial charge is 0.338 e. The molecule has 1 atom stereocenters. The fourth-order valence-electron chi connectivity index (χ4n) is 3.14. The molecule has 0 saturated carbocycles. The zero-order valence-electron chi connectivity index (χ0n) is 12.7. The van der Waals surface area contributed by atoms with E-state index in [0.29, 0.717) is 39.1 Å². The number of nitrogens with zero attached hydrogens (tertiary/aromatic N) is 4. The molecule has 2 fully saturated rings. The Hall–Kier alpha value is -2.15. The van der Waals surface area contributed by atoms with E-state index >= 15 is 0 Å². The van der Waals surface area contributed by atoms with E-state index in [1.165, 1.54) is 0 Å². The Kier molecular flexibility index (Phi) is 3.98. The Balaban J connectivity index is 1.63. The Morgan fingerprint density at radius 2 is 2.23 bits per heavy atom. The minimum Gasteiger partial charge on any atom is -0.338 e. The maximum Gasteiger partial charge on any atom is 0.320 e. The molecular formula is C15H21N5O2. The first kappa shape index (κ1) is 14.8. The number of pyridine rings is 1. The third-order valence-electron chi connectivity index (χ3n) is 4.34. The van der Waals surface area contributed by atoms with Crippen LogP contribution < -0.4 is 5.73 Å². The number of hydrogen-bond donors (Lipinski definition) is 1. The lowest BCUT2D eigenvalue weighted by Crippen LogP contribution is -2.54. The number of hydrogen-bond acceptors (Lipinski definition) is 4. The quantitative estimate of drug-likeness (QED) is 0.828. The number of fused-ring (bicyclic) bond motifs is 1. The average Bonchev–Trinajstić information content (AvgIpc) is 2.81. The van der Waals surface area contributed by atoms with Crippen molar-refractivity contribution in [1.82, 2.24) is 19.7 Å². The summed E-state index contributed by atoms with van der Waals surface area (Å²) in [5, 5.41) is 0. The second-order valence-corrected chi connectivity index (χ2v) is 5.89. The summed E-state index contributed by atoms with van der Waals surface area (Å²) < 4.78 is 0. The summed E-state index contributed by atoms with van der Waals surface area (Å²) in [5.41, 5.74) is 7.30. The predicted molar refractivity (Wildman–Crippen MR) is 80.9 cm³/mol. The summed E-state index contributed by atoms with van der Waals surface area (Å²) >= 11 is 0. The summed E-state index contributed by atoms with van der Waals surface area (Å²) in [6.45, 7) is 2.89. The number of carbonyl (C=O) groups is 2. The SMILES string of the molecule is CN1CC2CN(C(=O)Cc3ccnc(CN)c3)CCN2C1=O. The van der Waals surface area contributed by atoms with Crippen LogP contribution in [0.2, 0.25) is 0 Å².